The molecule has 2 aromatic rings. The summed E-state index contributed by atoms with van der Waals surface area (Å²) in [4.78, 5) is 12.5. The van der Waals surface area contributed by atoms with E-state index in [4.69, 9.17) is 14.2 Å². The van der Waals surface area contributed by atoms with Crippen molar-refractivity contribution in [2.75, 3.05) is 21.3 Å². The normalized spacial score (nSPS) is 11.4. The Hall–Kier alpha value is -2.95. The zero-order chi connectivity index (χ0) is 16.8. The van der Waals surface area contributed by atoms with Crippen molar-refractivity contribution in [2.24, 2.45) is 0 Å². The SMILES string of the molecule is COC(C(=O)c1ccc(OC)cc1)=C(O)c1ccc(OC)cc1. The second kappa shape index (κ2) is 7.35. The number of ketones is 1. The molecule has 0 fully saturated rings. The van der Waals surface area contributed by atoms with E-state index < -0.39 is 5.78 Å². The molecule has 0 aliphatic carbocycles. The summed E-state index contributed by atoms with van der Waals surface area (Å²) in [6.07, 6.45) is 0. The third kappa shape index (κ3) is 3.63. The molecule has 1 N–H and O–H groups in total. The Morgan fingerprint density at radius 2 is 1.22 bits per heavy atom. The van der Waals surface area contributed by atoms with Gasteiger partial charge in [0.1, 0.15) is 11.5 Å². The first-order chi connectivity index (χ1) is 11.1. The van der Waals surface area contributed by atoms with Crippen molar-refractivity contribution in [3.8, 4) is 11.5 Å². The predicted octanol–water partition coefficient (Wildman–Crippen LogP) is 3.46. The van der Waals surface area contributed by atoms with Crippen LogP contribution in [0.4, 0.5) is 0 Å². The molecular weight excluding hydrogens is 296 g/mol. The van der Waals surface area contributed by atoms with Crippen LogP contribution >= 0.6 is 0 Å². The molecule has 2 aromatic carbocycles. The Kier molecular flexibility index (Phi) is 5.25. The lowest BCUT2D eigenvalue weighted by Gasteiger charge is -2.10. The molecule has 0 atom stereocenters. The van der Waals surface area contributed by atoms with Crippen molar-refractivity contribution in [3.05, 3.63) is 65.4 Å². The van der Waals surface area contributed by atoms with Gasteiger partial charge in [-0.3, -0.25) is 4.79 Å². The molecule has 0 amide bonds. The molecule has 0 aliphatic heterocycles. The monoisotopic (exact) mass is 314 g/mol. The van der Waals surface area contributed by atoms with Gasteiger partial charge in [-0.1, -0.05) is 0 Å². The van der Waals surface area contributed by atoms with E-state index in [1.54, 1.807) is 62.8 Å². The number of Topliss-reactive ketones (excluding diaryl/α,β-unsaturated/α-hetero) is 1. The van der Waals surface area contributed by atoms with Crippen LogP contribution in [0.3, 0.4) is 0 Å². The first kappa shape index (κ1) is 16.4. The highest BCUT2D eigenvalue weighted by Crippen LogP contribution is 2.23. The second-order valence-corrected chi connectivity index (χ2v) is 4.67. The highest BCUT2D eigenvalue weighted by Gasteiger charge is 2.19. The molecule has 0 bridgehead atoms. The van der Waals surface area contributed by atoms with Crippen LogP contribution in [0.15, 0.2) is 54.3 Å². The van der Waals surface area contributed by atoms with Gasteiger partial charge in [0.2, 0.25) is 11.5 Å². The number of carbonyl (C=O) groups is 1. The summed E-state index contributed by atoms with van der Waals surface area (Å²) in [5.74, 6) is 0.533. The Labute approximate surface area is 134 Å². The van der Waals surface area contributed by atoms with E-state index >= 15 is 0 Å². The molecule has 120 valence electrons. The summed E-state index contributed by atoms with van der Waals surface area (Å²) in [5, 5.41) is 10.3. The average Bonchev–Trinajstić information content (AvgIpc) is 2.62. The molecule has 0 aromatic heterocycles. The number of benzene rings is 2. The fraction of sp³-hybridized carbons (Fsp3) is 0.167. The van der Waals surface area contributed by atoms with Gasteiger partial charge in [0, 0.05) is 11.1 Å². The summed E-state index contributed by atoms with van der Waals surface area (Å²) >= 11 is 0. The number of hydrogen-bond acceptors (Lipinski definition) is 5. The predicted molar refractivity (Wildman–Crippen MR) is 86.9 cm³/mol. The number of carbonyl (C=O) groups excluding carboxylic acids is 1. The minimum absolute atomic E-state index is 0.125. The molecule has 0 unspecified atom stereocenters. The highest BCUT2D eigenvalue weighted by atomic mass is 16.5. The van der Waals surface area contributed by atoms with Crippen LogP contribution < -0.4 is 9.47 Å². The molecule has 5 nitrogen and oxygen atoms in total. The molecule has 2 rings (SSSR count). The average molecular weight is 314 g/mol. The van der Waals surface area contributed by atoms with E-state index in [0.717, 1.165) is 0 Å². The van der Waals surface area contributed by atoms with E-state index in [0.29, 0.717) is 22.6 Å². The van der Waals surface area contributed by atoms with Crippen molar-refractivity contribution in [1.29, 1.82) is 0 Å². The van der Waals surface area contributed by atoms with Crippen LogP contribution in [0.5, 0.6) is 11.5 Å². The number of allylic oxidation sites excluding steroid dienone is 1. The van der Waals surface area contributed by atoms with E-state index in [1.165, 1.54) is 7.11 Å². The molecule has 0 spiro atoms. The van der Waals surface area contributed by atoms with Crippen LogP contribution in [0, 0.1) is 0 Å². The molecular formula is C18H18O5. The van der Waals surface area contributed by atoms with Crippen molar-refractivity contribution in [1.82, 2.24) is 0 Å². The zero-order valence-corrected chi connectivity index (χ0v) is 13.2. The molecule has 23 heavy (non-hydrogen) atoms. The summed E-state index contributed by atoms with van der Waals surface area (Å²) in [7, 11) is 4.45. The molecule has 0 aliphatic rings. The minimum atomic E-state index is -0.413. The van der Waals surface area contributed by atoms with Gasteiger partial charge in [0.25, 0.3) is 0 Å². The molecule has 5 heteroatoms. The van der Waals surface area contributed by atoms with E-state index in [1.807, 2.05) is 0 Å². The maximum absolute atomic E-state index is 12.5. The standard InChI is InChI=1S/C18H18O5/c1-21-14-8-4-12(5-9-14)16(19)18(23-3)17(20)13-6-10-15(22-2)11-7-13/h4-11,19H,1-3H3. The summed E-state index contributed by atoms with van der Waals surface area (Å²) in [5.41, 5.74) is 0.854. The lowest BCUT2D eigenvalue weighted by Crippen LogP contribution is -2.08. The fourth-order valence-corrected chi connectivity index (χ4v) is 2.05. The van der Waals surface area contributed by atoms with E-state index in [2.05, 4.69) is 0 Å². The summed E-state index contributed by atoms with van der Waals surface area (Å²) in [6, 6.07) is 13.2. The van der Waals surface area contributed by atoms with Crippen LogP contribution in [0.2, 0.25) is 0 Å². The summed E-state index contributed by atoms with van der Waals surface area (Å²) < 4.78 is 15.2. The number of hydrogen-bond donors (Lipinski definition) is 1. The van der Waals surface area contributed by atoms with Gasteiger partial charge in [0.15, 0.2) is 5.76 Å². The van der Waals surface area contributed by atoms with Crippen LogP contribution in [-0.4, -0.2) is 32.2 Å². The Bertz CT molecular complexity index is 699. The van der Waals surface area contributed by atoms with Gasteiger partial charge < -0.3 is 19.3 Å². The van der Waals surface area contributed by atoms with Crippen LogP contribution in [0.1, 0.15) is 15.9 Å². The van der Waals surface area contributed by atoms with Crippen LogP contribution in [-0.2, 0) is 4.74 Å². The number of ether oxygens (including phenoxy) is 3. The van der Waals surface area contributed by atoms with Crippen molar-refractivity contribution >= 4 is 11.5 Å². The van der Waals surface area contributed by atoms with Gasteiger partial charge in [-0.25, -0.2) is 0 Å². The lowest BCUT2D eigenvalue weighted by atomic mass is 10.1. The van der Waals surface area contributed by atoms with E-state index in [9.17, 15) is 9.90 Å². The minimum Gasteiger partial charge on any atom is -0.504 e. The number of aliphatic hydroxyl groups excluding tert-OH is 1. The number of aliphatic hydroxyl groups is 1. The molecule has 0 saturated carbocycles. The quantitative estimate of drug-likeness (QED) is 0.502. The van der Waals surface area contributed by atoms with Gasteiger partial charge >= 0.3 is 0 Å². The zero-order valence-electron chi connectivity index (χ0n) is 13.2. The molecule has 0 saturated heterocycles. The first-order valence-electron chi connectivity index (χ1n) is 6.91. The van der Waals surface area contributed by atoms with E-state index in [-0.39, 0.29) is 11.5 Å². The van der Waals surface area contributed by atoms with Gasteiger partial charge in [0.05, 0.1) is 21.3 Å². The molecule has 0 radical (unpaired) electrons. The third-order valence-corrected chi connectivity index (χ3v) is 3.34. The second-order valence-electron chi connectivity index (χ2n) is 4.67. The van der Waals surface area contributed by atoms with Gasteiger partial charge in [-0.2, -0.15) is 0 Å². The third-order valence-electron chi connectivity index (χ3n) is 3.34. The van der Waals surface area contributed by atoms with Gasteiger partial charge in [-0.15, -0.1) is 0 Å². The maximum atomic E-state index is 12.5. The number of rotatable bonds is 6. The Morgan fingerprint density at radius 3 is 1.61 bits per heavy atom. The van der Waals surface area contributed by atoms with Crippen molar-refractivity contribution in [2.45, 2.75) is 0 Å². The smallest absolute Gasteiger partial charge is 0.231 e. The largest absolute Gasteiger partial charge is 0.504 e. The lowest BCUT2D eigenvalue weighted by molar-refractivity contribution is 0.0950. The van der Waals surface area contributed by atoms with Gasteiger partial charge in [-0.05, 0) is 48.5 Å². The fourth-order valence-electron chi connectivity index (χ4n) is 2.05. The Morgan fingerprint density at radius 1 is 0.783 bits per heavy atom. The first-order valence-corrected chi connectivity index (χ1v) is 6.91. The summed E-state index contributed by atoms with van der Waals surface area (Å²) in [6.45, 7) is 0. The highest BCUT2D eigenvalue weighted by molar-refractivity contribution is 6.10. The maximum Gasteiger partial charge on any atom is 0.231 e. The van der Waals surface area contributed by atoms with Crippen molar-refractivity contribution in [3.63, 3.8) is 0 Å². The van der Waals surface area contributed by atoms with Crippen LogP contribution in [0.25, 0.3) is 5.76 Å². The number of methoxy groups -OCH3 is 3. The topological polar surface area (TPSA) is 65.0 Å². The Balaban J connectivity index is 2.36. The van der Waals surface area contributed by atoms with Crippen molar-refractivity contribution < 1.29 is 24.1 Å². The molecule has 0 heterocycles.